The van der Waals surface area contributed by atoms with Crippen LogP contribution < -0.4 is 5.32 Å². The smallest absolute Gasteiger partial charge is 0.452 e. The lowest BCUT2D eigenvalue weighted by Crippen LogP contribution is -2.30. The highest BCUT2D eigenvalue weighted by Gasteiger charge is 2.31. The number of amides is 1. The average molecular weight is 472 g/mol. The second kappa shape index (κ2) is 12.2. The number of hydrogen-bond acceptors (Lipinski definition) is 8. The lowest BCUT2D eigenvalue weighted by molar-refractivity contribution is -0.114. The molecule has 1 atom stereocenters. The van der Waals surface area contributed by atoms with Gasteiger partial charge in [-0.2, -0.15) is 0 Å². The molecule has 33 heavy (non-hydrogen) atoms. The van der Waals surface area contributed by atoms with Gasteiger partial charge in [0.15, 0.2) is 11.5 Å². The van der Waals surface area contributed by atoms with Crippen molar-refractivity contribution in [3.8, 4) is 0 Å². The Balaban J connectivity index is 1.75. The molecule has 0 fully saturated rings. The zero-order valence-corrected chi connectivity index (χ0v) is 19.9. The quantitative estimate of drug-likeness (QED) is 0.212. The van der Waals surface area contributed by atoms with E-state index in [0.717, 1.165) is 36.1 Å². The normalized spacial score (nSPS) is 13.7. The molecule has 2 heterocycles. The summed E-state index contributed by atoms with van der Waals surface area (Å²) in [6, 6.07) is 12.8. The molecule has 1 N–H and O–H groups in total. The van der Waals surface area contributed by atoms with Crippen LogP contribution in [0.1, 0.15) is 45.1 Å². The van der Waals surface area contributed by atoms with Crippen molar-refractivity contribution in [2.75, 3.05) is 19.0 Å². The van der Waals surface area contributed by atoms with Crippen molar-refractivity contribution in [3.63, 3.8) is 0 Å². The molecular weight excluding hydrogens is 442 g/mol. The Morgan fingerprint density at radius 1 is 1.12 bits per heavy atom. The average Bonchev–Trinajstić information content (AvgIpc) is 2.79. The van der Waals surface area contributed by atoms with Gasteiger partial charge in [-0.05, 0) is 42.6 Å². The highest BCUT2D eigenvalue weighted by molar-refractivity contribution is 7.97. The topological polar surface area (TPSA) is 90.0 Å². The predicted octanol–water partition coefficient (Wildman–Crippen LogP) is 5.44. The molecule has 8 nitrogen and oxygen atoms in total. The van der Waals surface area contributed by atoms with Crippen LogP contribution in [0.25, 0.3) is 5.76 Å². The summed E-state index contributed by atoms with van der Waals surface area (Å²) in [5.74, 6) is 0.338. The molecule has 0 bridgehead atoms. The number of ether oxygens (including phenoxy) is 3. The number of benzene rings is 1. The Kier molecular flexibility index (Phi) is 9.00. The number of fused-ring (bicyclic) bond motifs is 1. The Bertz CT molecular complexity index is 983. The number of unbranched alkanes of at least 4 members (excludes halogenated alkanes) is 3. The van der Waals surface area contributed by atoms with Crippen molar-refractivity contribution in [1.82, 2.24) is 9.29 Å². The summed E-state index contributed by atoms with van der Waals surface area (Å²) in [5.41, 5.74) is 1.02. The van der Waals surface area contributed by atoms with E-state index in [-0.39, 0.29) is 11.6 Å². The summed E-state index contributed by atoms with van der Waals surface area (Å²) in [6.07, 6.45) is 3.82. The minimum atomic E-state index is -0.967. The van der Waals surface area contributed by atoms with Crippen LogP contribution in [0.4, 0.5) is 10.6 Å². The first kappa shape index (κ1) is 24.4. The largest absolute Gasteiger partial charge is 0.511 e. The van der Waals surface area contributed by atoms with E-state index < -0.39 is 12.4 Å². The van der Waals surface area contributed by atoms with Gasteiger partial charge in [0.2, 0.25) is 6.29 Å². The minimum absolute atomic E-state index is 0.285. The molecule has 2 aromatic rings. The molecule has 0 spiro atoms. The lowest BCUT2D eigenvalue weighted by Gasteiger charge is -2.30. The molecule has 9 heteroatoms. The van der Waals surface area contributed by atoms with Gasteiger partial charge in [0, 0.05) is 30.6 Å². The van der Waals surface area contributed by atoms with E-state index in [1.54, 1.807) is 42.7 Å². The summed E-state index contributed by atoms with van der Waals surface area (Å²) >= 11 is 1.40. The van der Waals surface area contributed by atoms with Crippen molar-refractivity contribution < 1.29 is 23.8 Å². The molecule has 1 aliphatic heterocycles. The van der Waals surface area contributed by atoms with Gasteiger partial charge in [0.25, 0.3) is 5.91 Å². The molecule has 0 radical (unpaired) electrons. The highest BCUT2D eigenvalue weighted by atomic mass is 32.2. The second-order valence-electron chi connectivity index (χ2n) is 7.39. The van der Waals surface area contributed by atoms with Gasteiger partial charge >= 0.3 is 6.16 Å². The van der Waals surface area contributed by atoms with Gasteiger partial charge < -0.3 is 23.8 Å². The Labute approximate surface area is 198 Å². The molecule has 1 aromatic heterocycles. The molecule has 0 aliphatic carbocycles. The first-order valence-electron chi connectivity index (χ1n) is 11.0. The maximum atomic E-state index is 13.2. The molecule has 176 valence electrons. The number of carbonyl (C=O) groups excluding carboxylic acids is 2. The zero-order chi connectivity index (χ0) is 23.6. The number of carbonyl (C=O) groups is 2. The summed E-state index contributed by atoms with van der Waals surface area (Å²) in [5, 5.41) is 2.79. The van der Waals surface area contributed by atoms with E-state index in [1.165, 1.54) is 11.9 Å². The number of rotatable bonds is 10. The van der Waals surface area contributed by atoms with E-state index in [0.29, 0.717) is 18.2 Å². The summed E-state index contributed by atoms with van der Waals surface area (Å²) in [7, 11) is 1.77. The van der Waals surface area contributed by atoms with Crippen molar-refractivity contribution in [2.24, 2.45) is 0 Å². The fourth-order valence-electron chi connectivity index (χ4n) is 3.22. The molecule has 0 saturated carbocycles. The molecule has 1 aromatic carbocycles. The fraction of sp³-hybridized carbons (Fsp3) is 0.375. The Morgan fingerprint density at radius 2 is 1.91 bits per heavy atom. The molecular formula is C24H29N3O5S. The number of aromatic nitrogens is 1. The second-order valence-corrected chi connectivity index (χ2v) is 8.56. The first-order chi connectivity index (χ1) is 16.0. The van der Waals surface area contributed by atoms with Gasteiger partial charge in [-0.25, -0.2) is 9.78 Å². The van der Waals surface area contributed by atoms with Crippen molar-refractivity contribution >= 4 is 35.6 Å². The minimum Gasteiger partial charge on any atom is -0.452 e. The van der Waals surface area contributed by atoms with Crippen LogP contribution in [-0.4, -0.2) is 41.3 Å². The van der Waals surface area contributed by atoms with Crippen LogP contribution in [0, 0.1) is 0 Å². The van der Waals surface area contributed by atoms with Gasteiger partial charge in [0.1, 0.15) is 5.82 Å². The fourth-order valence-corrected chi connectivity index (χ4v) is 4.17. The lowest BCUT2D eigenvalue weighted by atomic mass is 10.1. The highest BCUT2D eigenvalue weighted by Crippen LogP contribution is 2.41. The SMILES string of the molecule is CCCCCCOC(=O)OC(C)OC1=C(C(=O)Nc2ccccn2)N(C)Sc2ccccc21. The van der Waals surface area contributed by atoms with E-state index in [1.807, 2.05) is 24.3 Å². The molecule has 1 amide bonds. The maximum Gasteiger partial charge on any atom is 0.511 e. The summed E-state index contributed by atoms with van der Waals surface area (Å²) in [4.78, 5) is 30.3. The molecule has 3 rings (SSSR count). The van der Waals surface area contributed by atoms with E-state index in [9.17, 15) is 9.59 Å². The predicted molar refractivity (Wildman–Crippen MR) is 127 cm³/mol. The van der Waals surface area contributed by atoms with Gasteiger partial charge in [-0.3, -0.25) is 4.79 Å². The third-order valence-electron chi connectivity index (χ3n) is 4.78. The number of hydrogen-bond donors (Lipinski definition) is 1. The number of anilines is 1. The standard InChI is InChI=1S/C24H29N3O5S/c1-4-5-6-11-16-30-24(29)32-17(2)31-22-18-12-7-8-13-19(18)33-27(3)21(22)23(28)26-20-14-9-10-15-25-20/h7-10,12-15,17H,4-6,11,16H2,1-3H3,(H,25,26,28). The van der Waals surface area contributed by atoms with Crippen LogP contribution in [-0.2, 0) is 19.0 Å². The Hall–Kier alpha value is -3.20. The number of likely N-dealkylation sites (N-methyl/N-ethyl adjacent to an activating group) is 1. The monoisotopic (exact) mass is 471 g/mol. The molecule has 1 aliphatic rings. The number of nitrogens with zero attached hydrogens (tertiary/aromatic N) is 2. The molecule has 1 unspecified atom stereocenters. The van der Waals surface area contributed by atoms with Crippen molar-refractivity contribution in [3.05, 3.63) is 59.9 Å². The third-order valence-corrected chi connectivity index (χ3v) is 5.79. The van der Waals surface area contributed by atoms with Crippen LogP contribution in [0.15, 0.2) is 59.3 Å². The first-order valence-corrected chi connectivity index (χ1v) is 11.7. The third kappa shape index (κ3) is 6.89. The summed E-state index contributed by atoms with van der Waals surface area (Å²) < 4.78 is 18.1. The summed E-state index contributed by atoms with van der Waals surface area (Å²) in [6.45, 7) is 4.01. The zero-order valence-electron chi connectivity index (χ0n) is 19.1. The molecule has 0 saturated heterocycles. The number of nitrogens with one attached hydrogen (secondary N) is 1. The number of pyridine rings is 1. The van der Waals surface area contributed by atoms with Crippen molar-refractivity contribution in [1.29, 1.82) is 0 Å². The van der Waals surface area contributed by atoms with E-state index in [4.69, 9.17) is 14.2 Å². The van der Waals surface area contributed by atoms with Crippen LogP contribution in [0.2, 0.25) is 0 Å². The van der Waals surface area contributed by atoms with Gasteiger partial charge in [-0.1, -0.05) is 44.4 Å². The van der Waals surface area contributed by atoms with Gasteiger partial charge in [-0.15, -0.1) is 0 Å². The van der Waals surface area contributed by atoms with Crippen LogP contribution in [0.5, 0.6) is 0 Å². The van der Waals surface area contributed by atoms with Gasteiger partial charge in [0.05, 0.1) is 6.61 Å². The van der Waals surface area contributed by atoms with E-state index in [2.05, 4.69) is 17.2 Å². The van der Waals surface area contributed by atoms with Crippen LogP contribution in [0.3, 0.4) is 0 Å². The van der Waals surface area contributed by atoms with Crippen LogP contribution >= 0.6 is 11.9 Å². The van der Waals surface area contributed by atoms with Crippen molar-refractivity contribution in [2.45, 2.75) is 50.7 Å². The maximum absolute atomic E-state index is 13.2. The van der Waals surface area contributed by atoms with E-state index >= 15 is 0 Å². The Morgan fingerprint density at radius 3 is 2.67 bits per heavy atom.